The minimum atomic E-state index is -3.76. The zero-order chi connectivity index (χ0) is 21.8. The molecule has 1 aromatic heterocycles. The predicted octanol–water partition coefficient (Wildman–Crippen LogP) is 0.407. The fourth-order valence-electron chi connectivity index (χ4n) is 4.26. The molecule has 3 aliphatic heterocycles. The van der Waals surface area contributed by atoms with Crippen LogP contribution in [-0.4, -0.2) is 92.1 Å². The zero-order valence-electron chi connectivity index (χ0n) is 17.0. The Balaban J connectivity index is 1.62. The number of hydrogen-bond acceptors (Lipinski definition) is 8. The van der Waals surface area contributed by atoms with Crippen molar-refractivity contribution in [1.82, 2.24) is 19.3 Å². The molecule has 164 valence electrons. The number of sulfonamides is 1. The fourth-order valence-corrected chi connectivity index (χ4v) is 5.69. The van der Waals surface area contributed by atoms with Gasteiger partial charge in [0.25, 0.3) is 11.8 Å². The van der Waals surface area contributed by atoms with E-state index >= 15 is 0 Å². The normalized spacial score (nSPS) is 21.1. The number of nitrogens with zero attached hydrogens (tertiary/aromatic N) is 4. The standard InChI is InChI=1S/C20H22N4O6S/c1-13-17-18(20(26)24(19(17)25)22-4-8-29-9-5-22)15-12-14(2-3-16(15)21-13)31(27,28)23-6-10-30-11-7-23/h2-3,12H,4-11H2,1H3. The third kappa shape index (κ3) is 3.24. The van der Waals surface area contributed by atoms with E-state index in [1.54, 1.807) is 18.0 Å². The highest BCUT2D eigenvalue weighted by Gasteiger charge is 2.43. The number of pyridine rings is 1. The summed E-state index contributed by atoms with van der Waals surface area (Å²) in [4.78, 5) is 31.0. The summed E-state index contributed by atoms with van der Waals surface area (Å²) in [5, 5.41) is 3.18. The van der Waals surface area contributed by atoms with Crippen LogP contribution in [0.4, 0.5) is 0 Å². The average Bonchev–Trinajstić information content (AvgIpc) is 3.06. The summed E-state index contributed by atoms with van der Waals surface area (Å²) >= 11 is 0. The molecule has 0 spiro atoms. The lowest BCUT2D eigenvalue weighted by molar-refractivity contribution is -0.0524. The van der Waals surface area contributed by atoms with E-state index in [0.717, 1.165) is 5.01 Å². The molecule has 3 aliphatic rings. The summed E-state index contributed by atoms with van der Waals surface area (Å²) in [6.45, 7) is 4.60. The van der Waals surface area contributed by atoms with Crippen molar-refractivity contribution >= 4 is 32.7 Å². The van der Waals surface area contributed by atoms with Crippen molar-refractivity contribution < 1.29 is 27.5 Å². The number of aryl methyl sites for hydroxylation is 1. The summed E-state index contributed by atoms with van der Waals surface area (Å²) in [5.74, 6) is -0.895. The lowest BCUT2D eigenvalue weighted by Crippen LogP contribution is -2.51. The molecule has 11 heteroatoms. The van der Waals surface area contributed by atoms with Crippen molar-refractivity contribution in [3.63, 3.8) is 0 Å². The van der Waals surface area contributed by atoms with E-state index < -0.39 is 21.8 Å². The van der Waals surface area contributed by atoms with E-state index in [1.165, 1.54) is 16.4 Å². The van der Waals surface area contributed by atoms with Crippen LogP contribution in [-0.2, 0) is 19.5 Å². The Morgan fingerprint density at radius 2 is 1.52 bits per heavy atom. The molecule has 2 saturated heterocycles. The second kappa shape index (κ2) is 7.61. The zero-order valence-corrected chi connectivity index (χ0v) is 17.9. The van der Waals surface area contributed by atoms with Crippen molar-refractivity contribution in [2.24, 2.45) is 0 Å². The molecule has 0 bridgehead atoms. The maximum Gasteiger partial charge on any atom is 0.278 e. The molecule has 31 heavy (non-hydrogen) atoms. The van der Waals surface area contributed by atoms with Gasteiger partial charge in [-0.25, -0.2) is 18.4 Å². The lowest BCUT2D eigenvalue weighted by atomic mass is 10.0. The Labute approximate surface area is 179 Å². The Bertz CT molecular complexity index is 1190. The van der Waals surface area contributed by atoms with Gasteiger partial charge in [-0.15, -0.1) is 0 Å². The van der Waals surface area contributed by atoms with Crippen LogP contribution >= 0.6 is 0 Å². The summed E-state index contributed by atoms with van der Waals surface area (Å²) in [6.07, 6.45) is 0. The first-order chi connectivity index (χ1) is 14.9. The van der Waals surface area contributed by atoms with Crippen molar-refractivity contribution in [1.29, 1.82) is 0 Å². The number of amides is 2. The number of carbonyl (C=O) groups excluding carboxylic acids is 2. The van der Waals surface area contributed by atoms with E-state index in [0.29, 0.717) is 56.1 Å². The minimum absolute atomic E-state index is 0.0693. The molecular weight excluding hydrogens is 424 g/mol. The Kier molecular flexibility index (Phi) is 5.02. The van der Waals surface area contributed by atoms with Crippen LogP contribution in [0.1, 0.15) is 26.4 Å². The summed E-state index contributed by atoms with van der Waals surface area (Å²) in [7, 11) is -3.76. The molecule has 2 aromatic rings. The third-order valence-electron chi connectivity index (χ3n) is 5.83. The molecule has 1 aromatic carbocycles. The smallest absolute Gasteiger partial charge is 0.278 e. The number of imide groups is 1. The van der Waals surface area contributed by atoms with Crippen LogP contribution in [0.2, 0.25) is 0 Å². The molecule has 2 amide bonds. The highest BCUT2D eigenvalue weighted by Crippen LogP contribution is 2.34. The second-order valence-electron chi connectivity index (χ2n) is 7.63. The van der Waals surface area contributed by atoms with Crippen molar-refractivity contribution in [2.45, 2.75) is 11.8 Å². The van der Waals surface area contributed by atoms with Gasteiger partial charge in [0, 0.05) is 31.6 Å². The highest BCUT2D eigenvalue weighted by molar-refractivity contribution is 7.89. The summed E-state index contributed by atoms with van der Waals surface area (Å²) in [6, 6.07) is 4.54. The summed E-state index contributed by atoms with van der Waals surface area (Å²) in [5.41, 5.74) is 1.35. The van der Waals surface area contributed by atoms with Crippen LogP contribution in [0.5, 0.6) is 0 Å². The van der Waals surface area contributed by atoms with Gasteiger partial charge in [-0.2, -0.15) is 4.31 Å². The first-order valence-electron chi connectivity index (χ1n) is 10.1. The monoisotopic (exact) mass is 446 g/mol. The second-order valence-corrected chi connectivity index (χ2v) is 9.57. The van der Waals surface area contributed by atoms with Gasteiger partial charge in [-0.1, -0.05) is 0 Å². The highest BCUT2D eigenvalue weighted by atomic mass is 32.2. The van der Waals surface area contributed by atoms with Gasteiger partial charge in [0.15, 0.2) is 0 Å². The Hall–Kier alpha value is -2.44. The minimum Gasteiger partial charge on any atom is -0.379 e. The maximum absolute atomic E-state index is 13.4. The van der Waals surface area contributed by atoms with E-state index in [4.69, 9.17) is 9.47 Å². The number of rotatable bonds is 3. The molecule has 0 radical (unpaired) electrons. The predicted molar refractivity (Wildman–Crippen MR) is 109 cm³/mol. The van der Waals surface area contributed by atoms with Crippen LogP contribution in [0.15, 0.2) is 23.1 Å². The number of carbonyl (C=O) groups is 2. The molecule has 0 unspecified atom stereocenters. The maximum atomic E-state index is 13.4. The van der Waals surface area contributed by atoms with Gasteiger partial charge in [0.05, 0.1) is 53.7 Å². The molecule has 0 saturated carbocycles. The van der Waals surface area contributed by atoms with Gasteiger partial charge in [0.1, 0.15) is 0 Å². The van der Waals surface area contributed by atoms with Crippen LogP contribution in [0, 0.1) is 6.92 Å². The van der Waals surface area contributed by atoms with Crippen molar-refractivity contribution in [3.8, 4) is 0 Å². The van der Waals surface area contributed by atoms with Gasteiger partial charge < -0.3 is 9.47 Å². The molecular formula is C20H22N4O6S. The van der Waals surface area contributed by atoms with Crippen molar-refractivity contribution in [2.75, 3.05) is 52.6 Å². The van der Waals surface area contributed by atoms with Crippen LogP contribution < -0.4 is 0 Å². The number of benzene rings is 1. The first-order valence-corrected chi connectivity index (χ1v) is 11.6. The summed E-state index contributed by atoms with van der Waals surface area (Å²) < 4.78 is 38.2. The molecule has 0 N–H and O–H groups in total. The van der Waals surface area contributed by atoms with Gasteiger partial charge in [-0.05, 0) is 25.1 Å². The number of hydrazine groups is 1. The topological polar surface area (TPSA) is 109 Å². The number of aromatic nitrogens is 1. The number of morpholine rings is 2. The lowest BCUT2D eigenvalue weighted by Gasteiger charge is -2.32. The number of fused-ring (bicyclic) bond motifs is 3. The molecule has 2 fully saturated rings. The largest absolute Gasteiger partial charge is 0.379 e. The van der Waals surface area contributed by atoms with Gasteiger partial charge in [-0.3, -0.25) is 14.6 Å². The van der Waals surface area contributed by atoms with Crippen molar-refractivity contribution in [3.05, 3.63) is 35.0 Å². The quantitative estimate of drug-likeness (QED) is 0.624. The Morgan fingerprint density at radius 1 is 0.903 bits per heavy atom. The fraction of sp³-hybridized carbons (Fsp3) is 0.450. The average molecular weight is 446 g/mol. The van der Waals surface area contributed by atoms with E-state index in [2.05, 4.69) is 4.98 Å². The number of hydrogen-bond donors (Lipinski definition) is 0. The molecule has 0 aliphatic carbocycles. The molecule has 10 nitrogen and oxygen atoms in total. The van der Waals surface area contributed by atoms with Crippen LogP contribution in [0.25, 0.3) is 10.9 Å². The van der Waals surface area contributed by atoms with Gasteiger partial charge in [0.2, 0.25) is 10.0 Å². The molecule has 0 atom stereocenters. The Morgan fingerprint density at radius 3 is 2.19 bits per heavy atom. The van der Waals surface area contributed by atoms with E-state index in [-0.39, 0.29) is 29.1 Å². The third-order valence-corrected chi connectivity index (χ3v) is 7.72. The van der Waals surface area contributed by atoms with E-state index in [1.807, 2.05) is 0 Å². The van der Waals surface area contributed by atoms with E-state index in [9.17, 15) is 18.0 Å². The molecule has 4 heterocycles. The van der Waals surface area contributed by atoms with Crippen LogP contribution in [0.3, 0.4) is 0 Å². The molecule has 5 rings (SSSR count). The van der Waals surface area contributed by atoms with Gasteiger partial charge >= 0.3 is 0 Å². The first kappa shape index (κ1) is 20.5. The SMILES string of the molecule is Cc1nc2ccc(S(=O)(=O)N3CCOCC3)cc2c2c1C(=O)N(N1CCOCC1)C2=O. The number of ether oxygens (including phenoxy) is 2.